The van der Waals surface area contributed by atoms with Crippen molar-refractivity contribution in [1.82, 2.24) is 5.32 Å². The molecule has 1 saturated heterocycles. The molecule has 1 fully saturated rings. The Morgan fingerprint density at radius 2 is 0.859 bits per heavy atom. The second kappa shape index (κ2) is 56.2. The van der Waals surface area contributed by atoms with Crippen LogP contribution in [0.3, 0.4) is 0 Å². The van der Waals surface area contributed by atoms with Gasteiger partial charge in [0.1, 0.15) is 24.4 Å². The molecule has 7 atom stereocenters. The number of carbonyl (C=O) groups excluding carboxylic acids is 2. The van der Waals surface area contributed by atoms with Gasteiger partial charge in [0.25, 0.3) is 0 Å². The van der Waals surface area contributed by atoms with E-state index >= 15 is 0 Å². The number of allylic oxidation sites excluding steroid dienone is 9. The minimum Gasteiger partial charge on any atom is -0.466 e. The summed E-state index contributed by atoms with van der Waals surface area (Å²) in [6.45, 7) is 4.29. The van der Waals surface area contributed by atoms with Crippen LogP contribution in [0.4, 0.5) is 0 Å². The average molecular weight is 1100 g/mol. The molecule has 1 aliphatic heterocycles. The Morgan fingerprint density at radius 1 is 0.474 bits per heavy atom. The van der Waals surface area contributed by atoms with Gasteiger partial charge in [-0.2, -0.15) is 0 Å². The molecule has 0 aromatic rings. The summed E-state index contributed by atoms with van der Waals surface area (Å²) in [5.74, 6) is -0.206. The lowest BCUT2D eigenvalue weighted by atomic mass is 9.99. The van der Waals surface area contributed by atoms with Gasteiger partial charge >= 0.3 is 5.97 Å². The van der Waals surface area contributed by atoms with E-state index in [0.29, 0.717) is 19.4 Å². The van der Waals surface area contributed by atoms with E-state index < -0.39 is 49.5 Å². The fourth-order valence-electron chi connectivity index (χ4n) is 9.91. The second-order valence-electron chi connectivity index (χ2n) is 22.5. The van der Waals surface area contributed by atoms with Crippen LogP contribution in [0.15, 0.2) is 60.8 Å². The summed E-state index contributed by atoms with van der Waals surface area (Å²) in [5.41, 5.74) is 0. The van der Waals surface area contributed by atoms with Crippen LogP contribution in [0.1, 0.15) is 290 Å². The highest BCUT2D eigenvalue weighted by Gasteiger charge is 2.44. The number of ether oxygens (including phenoxy) is 3. The SMILES string of the molecule is CCCCCC/C=C\C/C=C\CCCCCCCC(=O)OCCCCCCCCCCC/C=C\C/C=C\CCCCCCCCCCCC(=O)NC(COC1OC(CO)C(O)C(O)C1O)C(O)/C=C/CCCCCCCCC. The normalized spacial score (nSPS) is 18.9. The van der Waals surface area contributed by atoms with Crippen LogP contribution >= 0.6 is 0 Å². The predicted molar refractivity (Wildman–Crippen MR) is 324 cm³/mol. The van der Waals surface area contributed by atoms with Crippen molar-refractivity contribution >= 4 is 11.9 Å². The third kappa shape index (κ3) is 45.0. The first-order valence-corrected chi connectivity index (χ1v) is 32.6. The third-order valence-electron chi connectivity index (χ3n) is 15.1. The van der Waals surface area contributed by atoms with E-state index in [0.717, 1.165) is 96.3 Å². The molecule has 0 bridgehead atoms. The van der Waals surface area contributed by atoms with E-state index in [4.69, 9.17) is 14.2 Å². The predicted octanol–water partition coefficient (Wildman–Crippen LogP) is 15.8. The number of carbonyl (C=O) groups is 2. The minimum atomic E-state index is -1.57. The van der Waals surface area contributed by atoms with Crippen LogP contribution in [0.2, 0.25) is 0 Å². The maximum Gasteiger partial charge on any atom is 0.305 e. The van der Waals surface area contributed by atoms with E-state index in [1.165, 1.54) is 167 Å². The Bertz CT molecular complexity index is 1480. The minimum absolute atomic E-state index is 0.0157. The molecule has 1 rings (SSSR count). The van der Waals surface area contributed by atoms with Crippen molar-refractivity contribution in [2.75, 3.05) is 19.8 Å². The fraction of sp³-hybridized carbons (Fsp3) is 0.821. The number of hydrogen-bond donors (Lipinski definition) is 6. The monoisotopic (exact) mass is 1100 g/mol. The van der Waals surface area contributed by atoms with E-state index in [1.54, 1.807) is 6.08 Å². The average Bonchev–Trinajstić information content (AvgIpc) is 3.43. The number of hydrogen-bond acceptors (Lipinski definition) is 10. The Kier molecular flexibility index (Phi) is 52.9. The van der Waals surface area contributed by atoms with E-state index in [1.807, 2.05) is 6.08 Å². The molecule has 0 radical (unpaired) electrons. The molecule has 0 saturated carbocycles. The van der Waals surface area contributed by atoms with E-state index in [2.05, 4.69) is 67.8 Å². The summed E-state index contributed by atoms with van der Waals surface area (Å²) >= 11 is 0. The summed E-state index contributed by atoms with van der Waals surface area (Å²) in [7, 11) is 0. The van der Waals surface area contributed by atoms with E-state index in [-0.39, 0.29) is 18.5 Å². The Morgan fingerprint density at radius 3 is 1.31 bits per heavy atom. The van der Waals surface area contributed by atoms with E-state index in [9.17, 15) is 35.1 Å². The molecule has 11 nitrogen and oxygen atoms in total. The topological polar surface area (TPSA) is 175 Å². The number of unbranched alkanes of at least 4 members (excludes halogenated alkanes) is 34. The zero-order valence-electron chi connectivity index (χ0n) is 50.1. The summed E-state index contributed by atoms with van der Waals surface area (Å²) < 4.78 is 16.7. The first-order valence-electron chi connectivity index (χ1n) is 32.6. The number of rotatable bonds is 56. The Labute approximate surface area is 478 Å². The fourth-order valence-corrected chi connectivity index (χ4v) is 9.91. The lowest BCUT2D eigenvalue weighted by molar-refractivity contribution is -0.302. The van der Waals surface area contributed by atoms with Gasteiger partial charge in [0.15, 0.2) is 6.29 Å². The molecule has 1 heterocycles. The van der Waals surface area contributed by atoms with Gasteiger partial charge in [-0.3, -0.25) is 9.59 Å². The van der Waals surface area contributed by atoms with Gasteiger partial charge < -0.3 is 45.1 Å². The molecule has 0 aromatic carbocycles. The number of esters is 1. The molecule has 0 aromatic heterocycles. The van der Waals surface area contributed by atoms with Crippen molar-refractivity contribution < 1.29 is 49.3 Å². The Balaban J connectivity index is 1.98. The van der Waals surface area contributed by atoms with Gasteiger partial charge in [-0.25, -0.2) is 0 Å². The largest absolute Gasteiger partial charge is 0.466 e. The summed E-state index contributed by atoms with van der Waals surface area (Å²) in [6.07, 6.45) is 63.4. The first-order chi connectivity index (χ1) is 38.2. The molecule has 6 N–H and O–H groups in total. The smallest absolute Gasteiger partial charge is 0.305 e. The summed E-state index contributed by atoms with van der Waals surface area (Å²) in [4.78, 5) is 25.1. The molecule has 78 heavy (non-hydrogen) atoms. The van der Waals surface area contributed by atoms with Crippen molar-refractivity contribution in [2.45, 2.75) is 333 Å². The third-order valence-corrected chi connectivity index (χ3v) is 15.1. The highest BCUT2D eigenvalue weighted by atomic mass is 16.7. The number of amides is 1. The van der Waals surface area contributed by atoms with Crippen LogP contribution < -0.4 is 5.32 Å². The van der Waals surface area contributed by atoms with Gasteiger partial charge in [-0.15, -0.1) is 0 Å². The van der Waals surface area contributed by atoms with Gasteiger partial charge in [0.2, 0.25) is 5.91 Å². The highest BCUT2D eigenvalue weighted by molar-refractivity contribution is 5.76. The quantitative estimate of drug-likeness (QED) is 0.0195. The maximum atomic E-state index is 13.0. The van der Waals surface area contributed by atoms with Crippen molar-refractivity contribution in [3.63, 3.8) is 0 Å². The van der Waals surface area contributed by atoms with Crippen molar-refractivity contribution in [3.05, 3.63) is 60.8 Å². The molecular formula is C67H121NO10. The van der Waals surface area contributed by atoms with Crippen LogP contribution in [0.25, 0.3) is 0 Å². The van der Waals surface area contributed by atoms with Crippen molar-refractivity contribution in [1.29, 1.82) is 0 Å². The lowest BCUT2D eigenvalue weighted by Gasteiger charge is -2.40. The lowest BCUT2D eigenvalue weighted by Crippen LogP contribution is -2.60. The molecule has 7 unspecified atom stereocenters. The molecular weight excluding hydrogens is 979 g/mol. The van der Waals surface area contributed by atoms with Crippen LogP contribution in [-0.2, 0) is 23.8 Å². The summed E-state index contributed by atoms with van der Waals surface area (Å²) in [5, 5.41) is 54.2. The molecule has 454 valence electrons. The number of aliphatic hydroxyl groups excluding tert-OH is 5. The zero-order valence-corrected chi connectivity index (χ0v) is 50.1. The van der Waals surface area contributed by atoms with Gasteiger partial charge in [-0.05, 0) is 96.3 Å². The second-order valence-corrected chi connectivity index (χ2v) is 22.5. The molecule has 0 aliphatic carbocycles. The standard InChI is InChI=1S/C67H121NO10/c1-3-5-7-9-11-13-14-15-16-29-32-35-39-43-47-51-55-63(72)76-56-52-48-44-40-36-33-30-27-25-23-21-19-17-18-20-22-24-26-28-31-34-38-42-46-50-54-62(71)68-59(60(70)53-49-45-41-37-12-10-8-6-4-2)58-77-67-66(75)65(74)64(73)61(57-69)78-67/h13-14,16,18-21,29,49,53,59-61,64-67,69-70,73-75H,3-12,15,17,22-28,30-48,50-52,54-58H2,1-2H3,(H,68,71)/b14-13-,20-18-,21-19-,29-16-,53-49+. The first kappa shape index (κ1) is 73.4. The van der Waals surface area contributed by atoms with Gasteiger partial charge in [0, 0.05) is 12.8 Å². The highest BCUT2D eigenvalue weighted by Crippen LogP contribution is 2.23. The molecule has 0 spiro atoms. The van der Waals surface area contributed by atoms with Crippen LogP contribution in [0.5, 0.6) is 0 Å². The van der Waals surface area contributed by atoms with Crippen LogP contribution in [-0.4, -0.2) is 100 Å². The van der Waals surface area contributed by atoms with Gasteiger partial charge in [0.05, 0.1) is 32.0 Å². The molecule has 11 heteroatoms. The summed E-state index contributed by atoms with van der Waals surface area (Å²) in [6, 6.07) is -0.814. The van der Waals surface area contributed by atoms with Crippen LogP contribution in [0, 0.1) is 0 Å². The van der Waals surface area contributed by atoms with Crippen molar-refractivity contribution in [3.8, 4) is 0 Å². The maximum absolute atomic E-state index is 13.0. The van der Waals surface area contributed by atoms with Crippen molar-refractivity contribution in [2.24, 2.45) is 0 Å². The number of nitrogens with one attached hydrogen (secondary N) is 1. The molecule has 1 amide bonds. The molecule has 1 aliphatic rings. The van der Waals surface area contributed by atoms with Gasteiger partial charge in [-0.1, -0.05) is 242 Å². The number of aliphatic hydroxyl groups is 5. The Hall–Kier alpha value is -2.64. The zero-order chi connectivity index (χ0) is 56.6.